The monoisotopic (exact) mass is 567 g/mol. The predicted octanol–water partition coefficient (Wildman–Crippen LogP) is 5.35. The minimum absolute atomic E-state index is 0.164. The summed E-state index contributed by atoms with van der Waals surface area (Å²) in [6, 6.07) is 9.35. The number of ether oxygens (including phenoxy) is 2. The number of esters is 1. The van der Waals surface area contributed by atoms with Gasteiger partial charge in [0.15, 0.2) is 0 Å². The number of amides is 1. The third-order valence-corrected chi connectivity index (χ3v) is 8.68. The van der Waals surface area contributed by atoms with Gasteiger partial charge in [-0.05, 0) is 50.1 Å². The van der Waals surface area contributed by atoms with Crippen LogP contribution in [0.25, 0.3) is 11.3 Å². The lowest BCUT2D eigenvalue weighted by Gasteiger charge is -2.33. The molecule has 3 aromatic rings. The number of aromatic nitrogens is 3. The van der Waals surface area contributed by atoms with Gasteiger partial charge in [0, 0.05) is 51.4 Å². The van der Waals surface area contributed by atoms with Crippen LogP contribution in [0.15, 0.2) is 42.7 Å². The normalized spacial score (nSPS) is 14.3. The zero-order valence-electron chi connectivity index (χ0n) is 23.9. The Labute approximate surface area is 235 Å². The van der Waals surface area contributed by atoms with Crippen LogP contribution in [0, 0.1) is 18.7 Å². The van der Waals surface area contributed by atoms with E-state index in [4.69, 9.17) is 9.47 Å². The van der Waals surface area contributed by atoms with E-state index in [0.29, 0.717) is 49.6 Å². The summed E-state index contributed by atoms with van der Waals surface area (Å²) in [4.78, 5) is 36.3. The van der Waals surface area contributed by atoms with Crippen molar-refractivity contribution in [2.45, 2.75) is 52.2 Å². The van der Waals surface area contributed by atoms with Crippen LogP contribution >= 0.6 is 0 Å². The molecular weight excluding hydrogens is 529 g/mol. The van der Waals surface area contributed by atoms with Crippen molar-refractivity contribution in [3.8, 4) is 11.3 Å². The van der Waals surface area contributed by atoms with Crippen LogP contribution in [-0.4, -0.2) is 61.3 Å². The number of carbonyl (C=O) groups is 2. The second-order valence-electron chi connectivity index (χ2n) is 11.3. The van der Waals surface area contributed by atoms with E-state index >= 15 is 4.39 Å². The lowest BCUT2D eigenvalue weighted by Crippen LogP contribution is -2.37. The van der Waals surface area contributed by atoms with E-state index in [9.17, 15) is 9.59 Å². The number of aryl methyl sites for hydroxylation is 1. The van der Waals surface area contributed by atoms with E-state index in [1.807, 2.05) is 24.0 Å². The number of hydrogen-bond donors (Lipinski definition) is 1. The lowest BCUT2D eigenvalue weighted by atomic mass is 9.96. The minimum atomic E-state index is -1.28. The molecule has 1 aliphatic rings. The average Bonchev–Trinajstić information content (AvgIpc) is 3.35. The lowest BCUT2D eigenvalue weighted by molar-refractivity contribution is -0.146. The highest BCUT2D eigenvalue weighted by molar-refractivity contribution is 6.76. The number of piperidine rings is 1. The summed E-state index contributed by atoms with van der Waals surface area (Å²) >= 11 is 0. The van der Waals surface area contributed by atoms with Crippen molar-refractivity contribution in [3.63, 3.8) is 0 Å². The molecule has 0 bridgehead atoms. The van der Waals surface area contributed by atoms with E-state index in [1.165, 1.54) is 13.2 Å². The van der Waals surface area contributed by atoms with E-state index in [2.05, 4.69) is 34.9 Å². The van der Waals surface area contributed by atoms with Crippen LogP contribution in [0.4, 0.5) is 15.8 Å². The molecule has 0 unspecified atom stereocenters. The fourth-order valence-electron chi connectivity index (χ4n) is 4.70. The molecule has 1 amide bonds. The van der Waals surface area contributed by atoms with Gasteiger partial charge in [-0.3, -0.25) is 14.6 Å². The van der Waals surface area contributed by atoms with Gasteiger partial charge in [-0.2, -0.15) is 0 Å². The maximum atomic E-state index is 15.1. The van der Waals surface area contributed by atoms with Gasteiger partial charge in [-0.1, -0.05) is 25.7 Å². The van der Waals surface area contributed by atoms with Gasteiger partial charge in [0.1, 0.15) is 12.5 Å². The minimum Gasteiger partial charge on any atom is -0.469 e. The third-order valence-electron chi connectivity index (χ3n) is 6.98. The van der Waals surface area contributed by atoms with Gasteiger partial charge < -0.3 is 24.3 Å². The molecule has 0 atom stereocenters. The predicted molar refractivity (Wildman–Crippen MR) is 156 cm³/mol. The molecule has 11 heteroatoms. The fraction of sp³-hybridized carbons (Fsp3) is 0.448. The average molecular weight is 568 g/mol. The van der Waals surface area contributed by atoms with Crippen molar-refractivity contribution in [1.82, 2.24) is 14.5 Å². The van der Waals surface area contributed by atoms with Crippen LogP contribution in [-0.2, 0) is 21.0 Å². The van der Waals surface area contributed by atoms with Crippen LogP contribution in [0.3, 0.4) is 0 Å². The highest BCUT2D eigenvalue weighted by Crippen LogP contribution is 2.33. The largest absolute Gasteiger partial charge is 0.469 e. The molecule has 1 saturated heterocycles. The van der Waals surface area contributed by atoms with Crippen LogP contribution < -0.4 is 10.2 Å². The molecule has 0 aliphatic carbocycles. The number of anilines is 2. The zero-order chi connectivity index (χ0) is 28.9. The summed E-state index contributed by atoms with van der Waals surface area (Å²) < 4.78 is 27.6. The molecule has 1 fully saturated rings. The van der Waals surface area contributed by atoms with E-state index < -0.39 is 19.8 Å². The number of nitrogens with zero attached hydrogens (tertiary/aromatic N) is 4. The number of imidazole rings is 1. The first-order valence-corrected chi connectivity index (χ1v) is 17.3. The number of para-hydroxylation sites is 1. The van der Waals surface area contributed by atoms with Gasteiger partial charge >= 0.3 is 5.97 Å². The first-order chi connectivity index (χ1) is 19.1. The summed E-state index contributed by atoms with van der Waals surface area (Å²) in [6.45, 7) is 10.4. The summed E-state index contributed by atoms with van der Waals surface area (Å²) in [5.41, 5.74) is 2.94. The molecule has 0 spiro atoms. The molecule has 4 rings (SSSR count). The molecule has 9 nitrogen and oxygen atoms in total. The van der Waals surface area contributed by atoms with E-state index in [0.717, 1.165) is 17.3 Å². The Hall–Kier alpha value is -3.57. The molecule has 1 aliphatic heterocycles. The molecule has 40 heavy (non-hydrogen) atoms. The topological polar surface area (TPSA) is 98.6 Å². The smallest absolute Gasteiger partial charge is 0.308 e. The summed E-state index contributed by atoms with van der Waals surface area (Å²) in [6.07, 6.45) is 4.59. The van der Waals surface area contributed by atoms with Crippen LogP contribution in [0.1, 0.15) is 29.2 Å². The molecular formula is C29H38FN5O4Si. The molecule has 1 aromatic carbocycles. The zero-order valence-corrected chi connectivity index (χ0v) is 24.9. The second kappa shape index (κ2) is 12.7. The van der Waals surface area contributed by atoms with Crippen molar-refractivity contribution in [1.29, 1.82) is 0 Å². The van der Waals surface area contributed by atoms with Crippen molar-refractivity contribution < 1.29 is 23.5 Å². The van der Waals surface area contributed by atoms with Crippen molar-refractivity contribution in [2.75, 3.05) is 37.0 Å². The molecule has 0 saturated carbocycles. The van der Waals surface area contributed by atoms with Gasteiger partial charge in [0.05, 0.1) is 30.1 Å². The Bertz CT molecular complexity index is 1350. The highest BCUT2D eigenvalue weighted by Gasteiger charge is 2.29. The highest BCUT2D eigenvalue weighted by atomic mass is 28.3. The summed E-state index contributed by atoms with van der Waals surface area (Å²) in [5, 5.41) is 2.88. The van der Waals surface area contributed by atoms with Crippen molar-refractivity contribution >= 4 is 31.3 Å². The van der Waals surface area contributed by atoms with E-state index in [-0.39, 0.29) is 24.4 Å². The molecule has 214 valence electrons. The van der Waals surface area contributed by atoms with Gasteiger partial charge in [0.25, 0.3) is 5.91 Å². The molecule has 0 radical (unpaired) electrons. The first-order valence-electron chi connectivity index (χ1n) is 13.6. The third kappa shape index (κ3) is 7.33. The van der Waals surface area contributed by atoms with Crippen LogP contribution in [0.2, 0.25) is 25.7 Å². The summed E-state index contributed by atoms with van der Waals surface area (Å²) in [7, 11) is 0.0979. The molecule has 3 heterocycles. The Morgan fingerprint density at radius 2 is 1.93 bits per heavy atom. The van der Waals surface area contributed by atoms with Gasteiger partial charge in [0.2, 0.25) is 5.82 Å². The number of halogens is 1. The Morgan fingerprint density at radius 1 is 1.18 bits per heavy atom. The maximum absolute atomic E-state index is 15.1. The maximum Gasteiger partial charge on any atom is 0.308 e. The number of pyridine rings is 1. The van der Waals surface area contributed by atoms with Crippen molar-refractivity contribution in [2.24, 2.45) is 5.92 Å². The number of hydrogen-bond acceptors (Lipinski definition) is 7. The Balaban J connectivity index is 1.57. The standard InChI is InChI=1S/C29H38FN5O4Si/c1-20-17-22(9-12-31-20)25-18-35(19-39-15-16-40(3,4)5)27(32-25)28(36)33-24-8-6-7-23(30)26(24)34-13-10-21(11-14-34)29(37)38-2/h6-9,12,17-18,21H,10-11,13-16,19H2,1-5H3,(H,33,36). The van der Waals surface area contributed by atoms with Gasteiger partial charge in [-0.25, -0.2) is 9.37 Å². The molecule has 1 N–H and O–H groups in total. The van der Waals surface area contributed by atoms with Crippen LogP contribution in [0.5, 0.6) is 0 Å². The SMILES string of the molecule is COC(=O)C1CCN(c2c(F)cccc2NC(=O)c2nc(-c3ccnc(C)c3)cn2COCC[Si](C)(C)C)CC1. The number of carbonyl (C=O) groups excluding carboxylic acids is 2. The quantitative estimate of drug-likeness (QED) is 0.200. The Morgan fingerprint density at radius 3 is 2.60 bits per heavy atom. The first kappa shape index (κ1) is 29.4. The Kier molecular flexibility index (Phi) is 9.36. The number of benzene rings is 1. The van der Waals surface area contributed by atoms with E-state index in [1.54, 1.807) is 29.1 Å². The molecule has 2 aromatic heterocycles. The number of methoxy groups -OCH3 is 1. The fourth-order valence-corrected chi connectivity index (χ4v) is 5.46. The van der Waals surface area contributed by atoms with Gasteiger partial charge in [-0.15, -0.1) is 0 Å². The number of rotatable bonds is 10. The second-order valence-corrected chi connectivity index (χ2v) is 16.9. The summed E-state index contributed by atoms with van der Waals surface area (Å²) in [5.74, 6) is -1.21. The number of nitrogens with one attached hydrogen (secondary N) is 1. The van der Waals surface area contributed by atoms with Crippen molar-refractivity contribution in [3.05, 3.63) is 60.1 Å².